The zero-order chi connectivity index (χ0) is 19.3. The SMILES string of the molecule is CC(C)CN(Cc1cccc(OS(C)(=O)=O)c1)C(=O)c1cccc(F)c1. The molecule has 0 heterocycles. The lowest BCUT2D eigenvalue weighted by Gasteiger charge is -2.25. The summed E-state index contributed by atoms with van der Waals surface area (Å²) in [5, 5.41) is 0. The number of benzene rings is 2. The van der Waals surface area contributed by atoms with Gasteiger partial charge < -0.3 is 9.08 Å². The molecule has 2 aromatic rings. The summed E-state index contributed by atoms with van der Waals surface area (Å²) >= 11 is 0. The molecule has 0 saturated heterocycles. The number of amides is 1. The van der Waals surface area contributed by atoms with E-state index < -0.39 is 15.9 Å². The normalized spacial score (nSPS) is 11.4. The first-order chi connectivity index (χ1) is 12.1. The zero-order valence-electron chi connectivity index (χ0n) is 15.0. The summed E-state index contributed by atoms with van der Waals surface area (Å²) in [5.41, 5.74) is 0.991. The van der Waals surface area contributed by atoms with Crippen LogP contribution in [0.25, 0.3) is 0 Å². The molecule has 0 bridgehead atoms. The second-order valence-electron chi connectivity index (χ2n) is 6.52. The maximum atomic E-state index is 13.4. The Balaban J connectivity index is 2.25. The minimum Gasteiger partial charge on any atom is -0.383 e. The smallest absolute Gasteiger partial charge is 0.306 e. The van der Waals surface area contributed by atoms with E-state index in [4.69, 9.17) is 4.18 Å². The van der Waals surface area contributed by atoms with Gasteiger partial charge in [0.05, 0.1) is 6.26 Å². The molecule has 2 rings (SSSR count). The van der Waals surface area contributed by atoms with Gasteiger partial charge >= 0.3 is 10.1 Å². The minimum atomic E-state index is -3.63. The Hall–Kier alpha value is -2.41. The van der Waals surface area contributed by atoms with Gasteiger partial charge in [-0.1, -0.05) is 32.0 Å². The van der Waals surface area contributed by atoms with Crippen molar-refractivity contribution in [3.8, 4) is 5.75 Å². The van der Waals surface area contributed by atoms with Gasteiger partial charge in [0, 0.05) is 18.7 Å². The highest BCUT2D eigenvalue weighted by molar-refractivity contribution is 7.86. The van der Waals surface area contributed by atoms with Gasteiger partial charge in [0.15, 0.2) is 0 Å². The van der Waals surface area contributed by atoms with Crippen molar-refractivity contribution in [3.05, 3.63) is 65.5 Å². The first kappa shape index (κ1) is 19.9. The van der Waals surface area contributed by atoms with Gasteiger partial charge in [-0.3, -0.25) is 4.79 Å². The number of halogens is 1. The molecule has 0 aliphatic carbocycles. The van der Waals surface area contributed by atoms with Crippen molar-refractivity contribution in [2.45, 2.75) is 20.4 Å². The highest BCUT2D eigenvalue weighted by Gasteiger charge is 2.18. The Morgan fingerprint density at radius 1 is 1.15 bits per heavy atom. The molecule has 0 radical (unpaired) electrons. The fraction of sp³-hybridized carbons (Fsp3) is 0.316. The van der Waals surface area contributed by atoms with E-state index in [1.54, 1.807) is 29.2 Å². The lowest BCUT2D eigenvalue weighted by Crippen LogP contribution is -2.33. The van der Waals surface area contributed by atoms with E-state index in [9.17, 15) is 17.6 Å². The maximum absolute atomic E-state index is 13.4. The quantitative estimate of drug-likeness (QED) is 0.691. The van der Waals surface area contributed by atoms with Gasteiger partial charge in [-0.15, -0.1) is 0 Å². The van der Waals surface area contributed by atoms with E-state index in [0.717, 1.165) is 11.8 Å². The summed E-state index contributed by atoms with van der Waals surface area (Å²) in [6.07, 6.45) is 0.970. The summed E-state index contributed by atoms with van der Waals surface area (Å²) < 4.78 is 40.9. The van der Waals surface area contributed by atoms with Gasteiger partial charge in [0.25, 0.3) is 5.91 Å². The summed E-state index contributed by atoms with van der Waals surface area (Å²) in [6, 6.07) is 12.1. The van der Waals surface area contributed by atoms with E-state index >= 15 is 0 Å². The molecule has 0 atom stereocenters. The number of hydrogen-bond donors (Lipinski definition) is 0. The maximum Gasteiger partial charge on any atom is 0.306 e. The van der Waals surface area contributed by atoms with E-state index in [1.807, 2.05) is 13.8 Å². The topological polar surface area (TPSA) is 63.7 Å². The van der Waals surface area contributed by atoms with Crippen LogP contribution < -0.4 is 4.18 Å². The molecule has 0 fully saturated rings. The Morgan fingerprint density at radius 2 is 1.85 bits per heavy atom. The first-order valence-corrected chi connectivity index (χ1v) is 9.99. The van der Waals surface area contributed by atoms with Crippen LogP contribution in [0.4, 0.5) is 4.39 Å². The zero-order valence-corrected chi connectivity index (χ0v) is 15.8. The highest BCUT2D eigenvalue weighted by Crippen LogP contribution is 2.18. The summed E-state index contributed by atoms with van der Waals surface area (Å²) in [6.45, 7) is 4.70. The molecular formula is C19H22FNO4S. The summed E-state index contributed by atoms with van der Waals surface area (Å²) in [7, 11) is -3.63. The molecule has 0 unspecified atom stereocenters. The molecule has 0 N–H and O–H groups in total. The Labute approximate surface area is 153 Å². The molecule has 0 saturated carbocycles. The van der Waals surface area contributed by atoms with E-state index in [0.29, 0.717) is 6.54 Å². The predicted octanol–water partition coefficient (Wildman–Crippen LogP) is 3.46. The molecule has 0 aliphatic heterocycles. The average Bonchev–Trinajstić information content (AvgIpc) is 2.52. The standard InChI is InChI=1S/C19H22FNO4S/c1-14(2)12-21(19(22)16-7-5-8-17(20)11-16)13-15-6-4-9-18(10-15)25-26(3,23)24/h4-11,14H,12-13H2,1-3H3. The molecule has 2 aromatic carbocycles. The Morgan fingerprint density at radius 3 is 2.46 bits per heavy atom. The van der Waals surface area contributed by atoms with E-state index in [1.165, 1.54) is 24.3 Å². The minimum absolute atomic E-state index is 0.188. The molecule has 0 aromatic heterocycles. The monoisotopic (exact) mass is 379 g/mol. The number of rotatable bonds is 7. The largest absolute Gasteiger partial charge is 0.383 e. The van der Waals surface area contributed by atoms with Crippen molar-refractivity contribution < 1.29 is 21.8 Å². The summed E-state index contributed by atoms with van der Waals surface area (Å²) in [4.78, 5) is 14.4. The number of carbonyl (C=O) groups is 1. The molecule has 1 amide bonds. The second kappa shape index (κ2) is 8.31. The van der Waals surface area contributed by atoms with E-state index in [-0.39, 0.29) is 29.7 Å². The van der Waals surface area contributed by atoms with Crippen LogP contribution in [0.2, 0.25) is 0 Å². The third-order valence-electron chi connectivity index (χ3n) is 3.46. The van der Waals surface area contributed by atoms with Crippen LogP contribution in [0.5, 0.6) is 5.75 Å². The molecule has 0 aliphatic rings. The Kier molecular flexibility index (Phi) is 6.37. The van der Waals surface area contributed by atoms with Gasteiger partial charge in [-0.25, -0.2) is 4.39 Å². The predicted molar refractivity (Wildman–Crippen MR) is 97.9 cm³/mol. The van der Waals surface area contributed by atoms with Crippen LogP contribution in [-0.4, -0.2) is 32.0 Å². The fourth-order valence-electron chi connectivity index (χ4n) is 2.55. The second-order valence-corrected chi connectivity index (χ2v) is 8.10. The third-order valence-corrected chi connectivity index (χ3v) is 3.96. The highest BCUT2D eigenvalue weighted by atomic mass is 32.2. The van der Waals surface area contributed by atoms with Crippen LogP contribution in [0, 0.1) is 11.7 Å². The van der Waals surface area contributed by atoms with Crippen molar-refractivity contribution in [2.24, 2.45) is 5.92 Å². The van der Waals surface area contributed by atoms with E-state index in [2.05, 4.69) is 0 Å². The number of carbonyl (C=O) groups excluding carboxylic acids is 1. The van der Waals surface area contributed by atoms with Gasteiger partial charge in [0.2, 0.25) is 0 Å². The van der Waals surface area contributed by atoms with Gasteiger partial charge in [0.1, 0.15) is 11.6 Å². The summed E-state index contributed by atoms with van der Waals surface area (Å²) in [5.74, 6) is -0.354. The fourth-order valence-corrected chi connectivity index (χ4v) is 3.01. The van der Waals surface area contributed by atoms with Crippen LogP contribution in [0.1, 0.15) is 29.8 Å². The van der Waals surface area contributed by atoms with Gasteiger partial charge in [-0.05, 0) is 41.8 Å². The number of hydrogen-bond acceptors (Lipinski definition) is 4. The lowest BCUT2D eigenvalue weighted by molar-refractivity contribution is 0.0722. The van der Waals surface area contributed by atoms with Crippen LogP contribution in [0.3, 0.4) is 0 Å². The van der Waals surface area contributed by atoms with Crippen LogP contribution in [-0.2, 0) is 16.7 Å². The van der Waals surface area contributed by atoms with Gasteiger partial charge in [-0.2, -0.15) is 8.42 Å². The Bertz CT molecular complexity index is 881. The van der Waals surface area contributed by atoms with Crippen LogP contribution >= 0.6 is 0 Å². The number of nitrogens with zero attached hydrogens (tertiary/aromatic N) is 1. The average molecular weight is 379 g/mol. The lowest BCUT2D eigenvalue weighted by atomic mass is 10.1. The molecule has 7 heteroatoms. The molecule has 26 heavy (non-hydrogen) atoms. The molecule has 0 spiro atoms. The van der Waals surface area contributed by atoms with Crippen molar-refractivity contribution >= 4 is 16.0 Å². The molecule has 5 nitrogen and oxygen atoms in total. The van der Waals surface area contributed by atoms with Crippen molar-refractivity contribution in [1.29, 1.82) is 0 Å². The first-order valence-electron chi connectivity index (χ1n) is 8.17. The molecular weight excluding hydrogens is 357 g/mol. The van der Waals surface area contributed by atoms with Crippen molar-refractivity contribution in [1.82, 2.24) is 4.90 Å². The molecule has 140 valence electrons. The third kappa shape index (κ3) is 6.15. The van der Waals surface area contributed by atoms with Crippen molar-refractivity contribution in [3.63, 3.8) is 0 Å². The van der Waals surface area contributed by atoms with Crippen molar-refractivity contribution in [2.75, 3.05) is 12.8 Å². The van der Waals surface area contributed by atoms with Crippen LogP contribution in [0.15, 0.2) is 48.5 Å².